The molecular weight excluding hydrogens is 163 g/mol. The van der Waals surface area contributed by atoms with Crippen molar-refractivity contribution in [2.45, 2.75) is 49.2 Å². The van der Waals surface area contributed by atoms with Crippen molar-refractivity contribution in [2.24, 2.45) is 0 Å². The van der Waals surface area contributed by atoms with Crippen LogP contribution < -0.4 is 12.4 Å². The monoisotopic (exact) mass is 180 g/mol. The molecular formula is C8H18ClLiMg. The number of hydrogen-bond acceptors (Lipinski definition) is 0. The van der Waals surface area contributed by atoms with Gasteiger partial charge >= 0.3 is 88.6 Å². The van der Waals surface area contributed by atoms with Gasteiger partial charge in [-0.2, -0.15) is 0 Å². The van der Waals surface area contributed by atoms with E-state index in [1.165, 1.54) is 35.3 Å². The molecule has 3 heteroatoms. The van der Waals surface area contributed by atoms with Gasteiger partial charge in [0.15, 0.2) is 0 Å². The molecule has 0 heterocycles. The molecule has 0 aromatic carbocycles. The number of hydrogen-bond donors (Lipinski definition) is 0. The SMILES string of the molecule is CCC[CH2][Mg+].[Cl-].[Li][CH2]CCC. The van der Waals surface area contributed by atoms with Crippen molar-refractivity contribution in [3.63, 3.8) is 0 Å². The van der Waals surface area contributed by atoms with Crippen LogP contribution >= 0.6 is 0 Å². The Hall–Kier alpha value is 1.65. The predicted octanol–water partition coefficient (Wildman–Crippen LogP) is -0.249. The Morgan fingerprint density at radius 3 is 1.55 bits per heavy atom. The van der Waals surface area contributed by atoms with Crippen LogP contribution in [-0.4, -0.2) is 39.4 Å². The summed E-state index contributed by atoms with van der Waals surface area (Å²) in [4.78, 5) is 0. The second-order valence-electron chi connectivity index (χ2n) is 2.56. The quantitative estimate of drug-likeness (QED) is 0.524. The molecule has 0 radical (unpaired) electrons. The van der Waals surface area contributed by atoms with E-state index >= 15 is 0 Å². The van der Waals surface area contributed by atoms with E-state index in [9.17, 15) is 0 Å². The Labute approximate surface area is 100 Å². The number of unbranched alkanes of at least 4 members (excludes halogenated alkanes) is 2. The van der Waals surface area contributed by atoms with Crippen LogP contribution in [0.25, 0.3) is 0 Å². The fourth-order valence-electron chi connectivity index (χ4n) is 0.604. The summed E-state index contributed by atoms with van der Waals surface area (Å²) in [6, 6.07) is 0. The minimum atomic E-state index is 0. The van der Waals surface area contributed by atoms with Gasteiger partial charge in [0.1, 0.15) is 0 Å². The fourth-order valence-corrected chi connectivity index (χ4v) is 1.10. The molecule has 0 saturated carbocycles. The third-order valence-electron chi connectivity index (χ3n) is 1.31. The van der Waals surface area contributed by atoms with Crippen LogP contribution in [0.4, 0.5) is 0 Å². The molecule has 0 nitrogen and oxygen atoms in total. The van der Waals surface area contributed by atoms with Crippen LogP contribution in [0.1, 0.15) is 39.5 Å². The van der Waals surface area contributed by atoms with E-state index in [2.05, 4.69) is 31.6 Å². The Morgan fingerprint density at radius 2 is 1.55 bits per heavy atom. The van der Waals surface area contributed by atoms with Gasteiger partial charge in [-0.15, -0.1) is 0 Å². The zero-order chi connectivity index (χ0) is 8.24. The Bertz CT molecular complexity index is 35.1. The summed E-state index contributed by atoms with van der Waals surface area (Å²) in [6.07, 6.45) is 5.48. The Kier molecular flexibility index (Phi) is 37.9. The molecule has 0 amide bonds. The molecule has 0 aromatic rings. The summed E-state index contributed by atoms with van der Waals surface area (Å²) in [7, 11) is 0. The molecule has 0 bridgehead atoms. The topological polar surface area (TPSA) is 0 Å². The normalized spacial score (nSPS) is 7.82. The van der Waals surface area contributed by atoms with Crippen molar-refractivity contribution in [3.05, 3.63) is 0 Å². The predicted molar refractivity (Wildman–Crippen MR) is 50.9 cm³/mol. The molecule has 0 saturated heterocycles. The van der Waals surface area contributed by atoms with E-state index in [0.717, 1.165) is 0 Å². The molecule has 0 unspecified atom stereocenters. The average Bonchev–Trinajstić information content (AvgIpc) is 1.93. The zero-order valence-electron chi connectivity index (χ0n) is 8.33. The molecule has 0 aliphatic heterocycles. The standard InChI is InChI=1S/2C4H9.ClH.Li.Mg/c2*1-3-4-2;;;/h2*1,3-4H2,2H3;1H;;/q;;;;+1/p-1. The second-order valence-corrected chi connectivity index (χ2v) is 3.27. The van der Waals surface area contributed by atoms with Crippen LogP contribution in [0, 0.1) is 0 Å². The molecule has 0 rings (SSSR count). The van der Waals surface area contributed by atoms with Crippen molar-refractivity contribution in [1.29, 1.82) is 0 Å². The maximum atomic E-state index is 2.22. The van der Waals surface area contributed by atoms with Crippen LogP contribution in [0.2, 0.25) is 9.64 Å². The average molecular weight is 181 g/mol. The van der Waals surface area contributed by atoms with Crippen molar-refractivity contribution >= 4 is 39.4 Å². The summed E-state index contributed by atoms with van der Waals surface area (Å²) < 4.78 is 1.37. The summed E-state index contributed by atoms with van der Waals surface area (Å²) in [5, 5.41) is 1.34. The molecule has 0 spiro atoms. The molecule has 60 valence electrons. The Balaban J connectivity index is -0.000000107. The van der Waals surface area contributed by atoms with E-state index in [1.54, 1.807) is 0 Å². The van der Waals surface area contributed by atoms with E-state index < -0.39 is 0 Å². The first-order valence-corrected chi connectivity index (χ1v) is 5.62. The minimum absolute atomic E-state index is 0. The van der Waals surface area contributed by atoms with Gasteiger partial charge < -0.3 is 12.4 Å². The first-order chi connectivity index (χ1) is 4.83. The zero-order valence-corrected chi connectivity index (χ0v) is 10.5. The van der Waals surface area contributed by atoms with E-state index in [0.29, 0.717) is 0 Å². The van der Waals surface area contributed by atoms with E-state index in [1.807, 2.05) is 21.7 Å². The van der Waals surface area contributed by atoms with Gasteiger partial charge in [-0.1, -0.05) is 0 Å². The van der Waals surface area contributed by atoms with Gasteiger partial charge in [0.25, 0.3) is 0 Å². The summed E-state index contributed by atoms with van der Waals surface area (Å²) in [5.74, 6) is 0. The van der Waals surface area contributed by atoms with Crippen molar-refractivity contribution in [3.8, 4) is 0 Å². The van der Waals surface area contributed by atoms with Gasteiger partial charge in [0, 0.05) is 0 Å². The van der Waals surface area contributed by atoms with Crippen LogP contribution in [-0.2, 0) is 0 Å². The first-order valence-electron chi connectivity index (χ1n) is 4.62. The third-order valence-corrected chi connectivity index (χ3v) is 1.81. The fraction of sp³-hybridized carbons (Fsp3) is 1.00. The van der Waals surface area contributed by atoms with Crippen LogP contribution in [0.5, 0.6) is 0 Å². The van der Waals surface area contributed by atoms with E-state index in [4.69, 9.17) is 0 Å². The van der Waals surface area contributed by atoms with Crippen LogP contribution in [0.3, 0.4) is 0 Å². The molecule has 0 aliphatic carbocycles. The van der Waals surface area contributed by atoms with Gasteiger partial charge in [0.05, 0.1) is 0 Å². The van der Waals surface area contributed by atoms with E-state index in [-0.39, 0.29) is 12.4 Å². The van der Waals surface area contributed by atoms with Gasteiger partial charge in [0.2, 0.25) is 0 Å². The van der Waals surface area contributed by atoms with Gasteiger partial charge in [-0.3, -0.25) is 0 Å². The van der Waals surface area contributed by atoms with Crippen molar-refractivity contribution < 1.29 is 12.4 Å². The summed E-state index contributed by atoms with van der Waals surface area (Å²) >= 11 is 4.26. The van der Waals surface area contributed by atoms with Crippen molar-refractivity contribution in [1.82, 2.24) is 0 Å². The van der Waals surface area contributed by atoms with Gasteiger partial charge in [-0.05, 0) is 0 Å². The number of halogens is 1. The molecule has 0 aromatic heterocycles. The third kappa shape index (κ3) is 34.0. The maximum absolute atomic E-state index is 2.22. The molecule has 0 fully saturated rings. The first kappa shape index (κ1) is 18.4. The van der Waals surface area contributed by atoms with Crippen LogP contribution in [0.15, 0.2) is 0 Å². The second kappa shape index (κ2) is 22.6. The Morgan fingerprint density at radius 1 is 1.09 bits per heavy atom. The molecule has 11 heavy (non-hydrogen) atoms. The number of rotatable bonds is 4. The van der Waals surface area contributed by atoms with Crippen molar-refractivity contribution in [2.75, 3.05) is 0 Å². The molecule has 0 atom stereocenters. The molecule has 0 N–H and O–H groups in total. The molecule has 0 aliphatic rings. The van der Waals surface area contributed by atoms with Gasteiger partial charge in [-0.25, -0.2) is 0 Å². The summed E-state index contributed by atoms with van der Waals surface area (Å²) in [5.41, 5.74) is 0. The summed E-state index contributed by atoms with van der Waals surface area (Å²) in [6.45, 7) is 4.43.